The van der Waals surface area contributed by atoms with Crippen molar-refractivity contribution in [3.63, 3.8) is 0 Å². The number of carboxylic acid groups (broad SMARTS) is 1. The number of carbonyl (C=O) groups is 1. The molecule has 0 aromatic rings. The summed E-state index contributed by atoms with van der Waals surface area (Å²) in [5.74, 6) is -1.20. The molecule has 0 bridgehead atoms. The Hall–Kier alpha value is -0.610. The van der Waals surface area contributed by atoms with Crippen molar-refractivity contribution in [2.75, 3.05) is 20.3 Å². The van der Waals surface area contributed by atoms with Crippen LogP contribution in [0.3, 0.4) is 0 Å². The molecule has 1 fully saturated rings. The largest absolute Gasteiger partial charge is 0.481 e. The van der Waals surface area contributed by atoms with Crippen LogP contribution in [0.5, 0.6) is 0 Å². The number of hydrogen-bond acceptors (Lipinski definition) is 3. The lowest BCUT2D eigenvalue weighted by molar-refractivity contribution is -0.144. The molecule has 0 radical (unpaired) electrons. The molecular formula is C8H14O4. The fourth-order valence-electron chi connectivity index (χ4n) is 1.33. The van der Waals surface area contributed by atoms with Gasteiger partial charge in [-0.1, -0.05) is 0 Å². The molecule has 4 nitrogen and oxygen atoms in total. The van der Waals surface area contributed by atoms with E-state index in [4.69, 9.17) is 14.6 Å². The highest BCUT2D eigenvalue weighted by molar-refractivity contribution is 5.70. The fraction of sp³-hybridized carbons (Fsp3) is 0.875. The van der Waals surface area contributed by atoms with Crippen molar-refractivity contribution in [3.05, 3.63) is 0 Å². The van der Waals surface area contributed by atoms with E-state index in [0.717, 1.165) is 6.42 Å². The van der Waals surface area contributed by atoms with Gasteiger partial charge in [-0.25, -0.2) is 0 Å². The van der Waals surface area contributed by atoms with Gasteiger partial charge in [0.15, 0.2) is 0 Å². The van der Waals surface area contributed by atoms with Crippen molar-refractivity contribution in [1.29, 1.82) is 0 Å². The number of hydrogen-bond donors (Lipinski definition) is 1. The van der Waals surface area contributed by atoms with Crippen molar-refractivity contribution >= 4 is 5.97 Å². The average molecular weight is 174 g/mol. The van der Waals surface area contributed by atoms with Crippen molar-refractivity contribution in [1.82, 2.24) is 0 Å². The summed E-state index contributed by atoms with van der Waals surface area (Å²) in [7, 11) is 1.61. The predicted molar refractivity (Wildman–Crippen MR) is 42.0 cm³/mol. The summed E-state index contributed by atoms with van der Waals surface area (Å²) in [6.45, 7) is 0.914. The monoisotopic (exact) mass is 174 g/mol. The van der Waals surface area contributed by atoms with Crippen LogP contribution in [0, 0.1) is 5.92 Å². The summed E-state index contributed by atoms with van der Waals surface area (Å²) in [6.07, 6.45) is 1.39. The molecule has 0 aromatic carbocycles. The third-order valence-electron chi connectivity index (χ3n) is 2.13. The number of ether oxygens (including phenoxy) is 2. The van der Waals surface area contributed by atoms with Gasteiger partial charge < -0.3 is 14.6 Å². The number of aliphatic carboxylic acids is 1. The third kappa shape index (κ3) is 2.46. The highest BCUT2D eigenvalue weighted by Gasteiger charge is 2.25. The van der Waals surface area contributed by atoms with E-state index in [1.165, 1.54) is 0 Å². The number of rotatable bonds is 2. The van der Waals surface area contributed by atoms with E-state index in [1.54, 1.807) is 7.11 Å². The van der Waals surface area contributed by atoms with E-state index < -0.39 is 11.9 Å². The van der Waals surface area contributed by atoms with E-state index in [0.29, 0.717) is 19.6 Å². The number of methoxy groups -OCH3 is 1. The third-order valence-corrected chi connectivity index (χ3v) is 2.13. The molecule has 2 atom stereocenters. The maximum atomic E-state index is 10.6. The molecule has 1 N–H and O–H groups in total. The molecule has 4 heteroatoms. The molecule has 70 valence electrons. The first-order chi connectivity index (χ1) is 5.74. The summed E-state index contributed by atoms with van der Waals surface area (Å²) in [5, 5.41) is 8.74. The Balaban J connectivity index is 2.47. The Morgan fingerprint density at radius 2 is 2.42 bits per heavy atom. The standard InChI is InChI=1S/C8H14O4/c1-11-7-2-3-12-5-6(4-7)8(9)10/h6-7H,2-5H2,1H3,(H,9,10)/t6-,7-/m1/s1. The minimum atomic E-state index is -0.793. The van der Waals surface area contributed by atoms with Crippen LogP contribution in [0.1, 0.15) is 12.8 Å². The first kappa shape index (κ1) is 9.48. The minimum Gasteiger partial charge on any atom is -0.481 e. The van der Waals surface area contributed by atoms with Gasteiger partial charge in [-0.2, -0.15) is 0 Å². The minimum absolute atomic E-state index is 0.0357. The second-order valence-corrected chi connectivity index (χ2v) is 2.99. The molecule has 1 aliphatic heterocycles. The molecule has 0 saturated carbocycles. The molecule has 12 heavy (non-hydrogen) atoms. The molecule has 0 aliphatic carbocycles. The quantitative estimate of drug-likeness (QED) is 0.662. The van der Waals surface area contributed by atoms with Gasteiger partial charge >= 0.3 is 5.97 Å². The first-order valence-corrected chi connectivity index (χ1v) is 4.07. The average Bonchev–Trinajstić information content (AvgIpc) is 2.28. The molecule has 0 aromatic heterocycles. The Kier molecular flexibility index (Phi) is 3.49. The van der Waals surface area contributed by atoms with Crippen molar-refractivity contribution < 1.29 is 19.4 Å². The second-order valence-electron chi connectivity index (χ2n) is 2.99. The van der Waals surface area contributed by atoms with Crippen molar-refractivity contribution in [3.8, 4) is 0 Å². The Morgan fingerprint density at radius 1 is 1.67 bits per heavy atom. The van der Waals surface area contributed by atoms with Gasteiger partial charge in [0.05, 0.1) is 18.6 Å². The van der Waals surface area contributed by atoms with E-state index >= 15 is 0 Å². The summed E-state index contributed by atoms with van der Waals surface area (Å²) in [6, 6.07) is 0. The predicted octanol–water partition coefficient (Wildman–Crippen LogP) is 0.513. The molecule has 1 rings (SSSR count). The van der Waals surface area contributed by atoms with E-state index in [-0.39, 0.29) is 6.10 Å². The highest BCUT2D eigenvalue weighted by atomic mass is 16.5. The van der Waals surface area contributed by atoms with E-state index in [1.807, 2.05) is 0 Å². The van der Waals surface area contributed by atoms with Crippen LogP contribution < -0.4 is 0 Å². The summed E-state index contributed by atoms with van der Waals surface area (Å²) in [4.78, 5) is 10.6. The van der Waals surface area contributed by atoms with Gasteiger partial charge in [0.1, 0.15) is 0 Å². The maximum absolute atomic E-state index is 10.6. The van der Waals surface area contributed by atoms with Crippen LogP contribution in [0.25, 0.3) is 0 Å². The molecule has 0 unspecified atom stereocenters. The van der Waals surface area contributed by atoms with Gasteiger partial charge in [0, 0.05) is 13.7 Å². The van der Waals surface area contributed by atoms with Crippen LogP contribution in [-0.4, -0.2) is 37.5 Å². The topological polar surface area (TPSA) is 55.8 Å². The van der Waals surface area contributed by atoms with Gasteiger partial charge in [0.25, 0.3) is 0 Å². The van der Waals surface area contributed by atoms with Crippen LogP contribution in [0.15, 0.2) is 0 Å². The summed E-state index contributed by atoms with van der Waals surface area (Å²) in [5.41, 5.74) is 0. The van der Waals surface area contributed by atoms with E-state index in [9.17, 15) is 4.79 Å². The van der Waals surface area contributed by atoms with Crippen molar-refractivity contribution in [2.45, 2.75) is 18.9 Å². The van der Waals surface area contributed by atoms with Crippen LogP contribution in [-0.2, 0) is 14.3 Å². The summed E-state index contributed by atoms with van der Waals surface area (Å²) >= 11 is 0. The Labute approximate surface area is 71.5 Å². The molecular weight excluding hydrogens is 160 g/mol. The first-order valence-electron chi connectivity index (χ1n) is 4.07. The van der Waals surface area contributed by atoms with Gasteiger partial charge in [-0.05, 0) is 12.8 Å². The smallest absolute Gasteiger partial charge is 0.308 e. The zero-order valence-corrected chi connectivity index (χ0v) is 7.16. The molecule has 0 spiro atoms. The van der Waals surface area contributed by atoms with Crippen molar-refractivity contribution in [2.24, 2.45) is 5.92 Å². The lowest BCUT2D eigenvalue weighted by atomic mass is 10.0. The lowest BCUT2D eigenvalue weighted by Crippen LogP contribution is -2.22. The summed E-state index contributed by atoms with van der Waals surface area (Å²) < 4.78 is 10.2. The molecule has 1 aliphatic rings. The number of carboxylic acids is 1. The molecule has 1 saturated heterocycles. The molecule has 1 heterocycles. The van der Waals surface area contributed by atoms with Crippen LogP contribution >= 0.6 is 0 Å². The van der Waals surface area contributed by atoms with Crippen LogP contribution in [0.4, 0.5) is 0 Å². The zero-order valence-electron chi connectivity index (χ0n) is 7.16. The second kappa shape index (κ2) is 4.42. The highest BCUT2D eigenvalue weighted by Crippen LogP contribution is 2.17. The van der Waals surface area contributed by atoms with E-state index in [2.05, 4.69) is 0 Å². The SMILES string of the molecule is CO[C@@H]1CCOC[C@H](C(=O)O)C1. The molecule has 0 amide bonds. The normalized spacial score (nSPS) is 31.1. The lowest BCUT2D eigenvalue weighted by Gasteiger charge is -2.13. The Bertz CT molecular complexity index is 157. The Morgan fingerprint density at radius 3 is 3.00 bits per heavy atom. The van der Waals surface area contributed by atoms with Gasteiger partial charge in [-0.15, -0.1) is 0 Å². The fourth-order valence-corrected chi connectivity index (χ4v) is 1.33. The van der Waals surface area contributed by atoms with Crippen LogP contribution in [0.2, 0.25) is 0 Å². The zero-order chi connectivity index (χ0) is 8.97. The maximum Gasteiger partial charge on any atom is 0.308 e. The van der Waals surface area contributed by atoms with Gasteiger partial charge in [0.2, 0.25) is 0 Å². The van der Waals surface area contributed by atoms with Gasteiger partial charge in [-0.3, -0.25) is 4.79 Å².